The van der Waals surface area contributed by atoms with Crippen LogP contribution in [-0.4, -0.2) is 21.3 Å². The highest BCUT2D eigenvalue weighted by molar-refractivity contribution is 5.73. The number of furan rings is 1. The van der Waals surface area contributed by atoms with Crippen molar-refractivity contribution in [3.05, 3.63) is 30.0 Å². The van der Waals surface area contributed by atoms with Gasteiger partial charge in [0.2, 0.25) is 5.75 Å². The van der Waals surface area contributed by atoms with Crippen LogP contribution >= 0.6 is 0 Å². The van der Waals surface area contributed by atoms with Crippen LogP contribution < -0.4 is 19.9 Å². The van der Waals surface area contributed by atoms with Crippen LogP contribution in [0.4, 0.5) is 0 Å². The Kier molecular flexibility index (Phi) is 3.97. The monoisotopic (exact) mass is 263 g/mol. The third-order valence-corrected chi connectivity index (χ3v) is 2.83. The van der Waals surface area contributed by atoms with Crippen LogP contribution in [0, 0.1) is 0 Å². The lowest BCUT2D eigenvalue weighted by Gasteiger charge is -2.14. The molecule has 0 amide bonds. The Labute approximate surface area is 111 Å². The van der Waals surface area contributed by atoms with Gasteiger partial charge in [0.25, 0.3) is 0 Å². The standard InChI is InChI=1S/C14H17NO4/c1-16-12-7-5-10(13(17-2)14(12)18-3)11-6-4-9(8-15)19-11/h4-7H,8,15H2,1-3H3. The molecule has 1 aromatic heterocycles. The van der Waals surface area contributed by atoms with Crippen LogP contribution in [0.15, 0.2) is 28.7 Å². The van der Waals surface area contributed by atoms with Crippen molar-refractivity contribution in [3.8, 4) is 28.6 Å². The predicted molar refractivity (Wildman–Crippen MR) is 71.7 cm³/mol. The molecular formula is C14H17NO4. The van der Waals surface area contributed by atoms with Crippen molar-refractivity contribution in [2.24, 2.45) is 5.73 Å². The van der Waals surface area contributed by atoms with E-state index in [1.165, 1.54) is 0 Å². The fraction of sp³-hybridized carbons (Fsp3) is 0.286. The average molecular weight is 263 g/mol. The van der Waals surface area contributed by atoms with Gasteiger partial charge in [0.1, 0.15) is 11.5 Å². The van der Waals surface area contributed by atoms with Crippen molar-refractivity contribution < 1.29 is 18.6 Å². The van der Waals surface area contributed by atoms with Crippen molar-refractivity contribution in [1.82, 2.24) is 0 Å². The van der Waals surface area contributed by atoms with Crippen molar-refractivity contribution in [3.63, 3.8) is 0 Å². The molecule has 1 aromatic carbocycles. The Morgan fingerprint density at radius 2 is 1.68 bits per heavy atom. The van der Waals surface area contributed by atoms with Gasteiger partial charge in [-0.15, -0.1) is 0 Å². The molecule has 5 heteroatoms. The molecule has 1 heterocycles. The highest BCUT2D eigenvalue weighted by atomic mass is 16.5. The van der Waals surface area contributed by atoms with E-state index in [2.05, 4.69) is 0 Å². The van der Waals surface area contributed by atoms with Crippen LogP contribution in [0.1, 0.15) is 5.76 Å². The fourth-order valence-electron chi connectivity index (χ4n) is 1.93. The summed E-state index contributed by atoms with van der Waals surface area (Å²) < 4.78 is 21.6. The van der Waals surface area contributed by atoms with E-state index in [9.17, 15) is 0 Å². The first-order chi connectivity index (χ1) is 9.24. The second-order valence-electron chi connectivity index (χ2n) is 3.85. The third-order valence-electron chi connectivity index (χ3n) is 2.83. The van der Waals surface area contributed by atoms with Crippen molar-refractivity contribution >= 4 is 0 Å². The normalized spacial score (nSPS) is 10.3. The highest BCUT2D eigenvalue weighted by Gasteiger charge is 2.18. The number of ether oxygens (including phenoxy) is 3. The van der Waals surface area contributed by atoms with Gasteiger partial charge >= 0.3 is 0 Å². The van der Waals surface area contributed by atoms with Gasteiger partial charge in [0, 0.05) is 0 Å². The summed E-state index contributed by atoms with van der Waals surface area (Å²) in [6.07, 6.45) is 0. The molecule has 0 aliphatic carbocycles. The predicted octanol–water partition coefficient (Wildman–Crippen LogP) is 2.43. The largest absolute Gasteiger partial charge is 0.493 e. The van der Waals surface area contributed by atoms with Crippen molar-refractivity contribution in [2.75, 3.05) is 21.3 Å². The molecule has 19 heavy (non-hydrogen) atoms. The minimum Gasteiger partial charge on any atom is -0.493 e. The van der Waals surface area contributed by atoms with Crippen LogP contribution in [0.3, 0.4) is 0 Å². The summed E-state index contributed by atoms with van der Waals surface area (Å²) in [5, 5.41) is 0. The van der Waals surface area contributed by atoms with E-state index in [0.717, 1.165) is 5.56 Å². The Bertz CT molecular complexity index is 563. The van der Waals surface area contributed by atoms with Gasteiger partial charge < -0.3 is 24.4 Å². The van der Waals surface area contributed by atoms with E-state index in [0.29, 0.717) is 35.3 Å². The summed E-state index contributed by atoms with van der Waals surface area (Å²) in [6, 6.07) is 7.36. The molecule has 2 N–H and O–H groups in total. The summed E-state index contributed by atoms with van der Waals surface area (Å²) in [7, 11) is 4.72. The minimum atomic E-state index is 0.357. The number of hydrogen-bond donors (Lipinski definition) is 1. The molecule has 0 fully saturated rings. The number of benzene rings is 1. The van der Waals surface area contributed by atoms with E-state index >= 15 is 0 Å². The lowest BCUT2D eigenvalue weighted by atomic mass is 10.1. The molecule has 2 rings (SSSR count). The Morgan fingerprint density at radius 1 is 0.947 bits per heavy atom. The van der Waals surface area contributed by atoms with Crippen LogP contribution in [0.5, 0.6) is 17.2 Å². The van der Waals surface area contributed by atoms with Crippen LogP contribution in [0.25, 0.3) is 11.3 Å². The summed E-state index contributed by atoms with van der Waals surface area (Å²) in [4.78, 5) is 0. The minimum absolute atomic E-state index is 0.357. The van der Waals surface area contributed by atoms with Crippen molar-refractivity contribution in [1.29, 1.82) is 0 Å². The quantitative estimate of drug-likeness (QED) is 0.897. The number of methoxy groups -OCH3 is 3. The molecule has 0 radical (unpaired) electrons. The third kappa shape index (κ3) is 2.37. The number of nitrogens with two attached hydrogens (primary N) is 1. The van der Waals surface area contributed by atoms with Crippen molar-refractivity contribution in [2.45, 2.75) is 6.54 Å². The number of hydrogen-bond acceptors (Lipinski definition) is 5. The molecule has 2 aromatic rings. The first-order valence-corrected chi connectivity index (χ1v) is 5.83. The summed E-state index contributed by atoms with van der Waals surface area (Å²) in [5.74, 6) is 3.10. The average Bonchev–Trinajstić information content (AvgIpc) is 2.94. The van der Waals surface area contributed by atoms with E-state index in [1.54, 1.807) is 27.4 Å². The first kappa shape index (κ1) is 13.3. The van der Waals surface area contributed by atoms with Gasteiger partial charge in [-0.3, -0.25) is 0 Å². The molecule has 0 saturated carbocycles. The van der Waals surface area contributed by atoms with Gasteiger partial charge in [0.05, 0.1) is 33.4 Å². The van der Waals surface area contributed by atoms with E-state index in [-0.39, 0.29) is 0 Å². The Balaban J connectivity index is 2.56. The molecule has 0 unspecified atom stereocenters. The lowest BCUT2D eigenvalue weighted by molar-refractivity contribution is 0.324. The molecule has 0 aliphatic heterocycles. The molecule has 0 bridgehead atoms. The maximum absolute atomic E-state index is 5.63. The zero-order chi connectivity index (χ0) is 13.8. The zero-order valence-corrected chi connectivity index (χ0v) is 11.2. The molecule has 0 saturated heterocycles. The maximum atomic E-state index is 5.63. The van der Waals surface area contributed by atoms with E-state index < -0.39 is 0 Å². The highest BCUT2D eigenvalue weighted by Crippen LogP contribution is 2.44. The Hall–Kier alpha value is -2.14. The Morgan fingerprint density at radius 3 is 2.21 bits per heavy atom. The SMILES string of the molecule is COc1ccc(-c2ccc(CN)o2)c(OC)c1OC. The fourth-order valence-corrected chi connectivity index (χ4v) is 1.93. The second-order valence-corrected chi connectivity index (χ2v) is 3.85. The second kappa shape index (κ2) is 5.67. The van der Waals surface area contributed by atoms with Crippen LogP contribution in [-0.2, 0) is 6.54 Å². The topological polar surface area (TPSA) is 66.9 Å². The molecule has 0 aliphatic rings. The lowest BCUT2D eigenvalue weighted by Crippen LogP contribution is -1.96. The first-order valence-electron chi connectivity index (χ1n) is 5.83. The molecule has 0 spiro atoms. The van der Waals surface area contributed by atoms with Gasteiger partial charge in [0.15, 0.2) is 11.5 Å². The van der Waals surface area contributed by atoms with Gasteiger partial charge in [-0.05, 0) is 24.3 Å². The van der Waals surface area contributed by atoms with Gasteiger partial charge in [-0.25, -0.2) is 0 Å². The summed E-state index contributed by atoms with van der Waals surface area (Å²) in [6.45, 7) is 0.357. The smallest absolute Gasteiger partial charge is 0.204 e. The summed E-state index contributed by atoms with van der Waals surface area (Å²) in [5.41, 5.74) is 6.34. The molecule has 5 nitrogen and oxygen atoms in total. The summed E-state index contributed by atoms with van der Waals surface area (Å²) >= 11 is 0. The maximum Gasteiger partial charge on any atom is 0.204 e. The number of rotatable bonds is 5. The zero-order valence-electron chi connectivity index (χ0n) is 11.2. The van der Waals surface area contributed by atoms with Crippen LogP contribution in [0.2, 0.25) is 0 Å². The van der Waals surface area contributed by atoms with E-state index in [4.69, 9.17) is 24.4 Å². The molecule has 0 atom stereocenters. The molecular weight excluding hydrogens is 246 g/mol. The van der Waals surface area contributed by atoms with Gasteiger partial charge in [-0.2, -0.15) is 0 Å². The molecule has 102 valence electrons. The van der Waals surface area contributed by atoms with Gasteiger partial charge in [-0.1, -0.05) is 0 Å². The van der Waals surface area contributed by atoms with E-state index in [1.807, 2.05) is 18.2 Å².